The zero-order valence-electron chi connectivity index (χ0n) is 15.4. The number of carbonyl (C=O) groups is 1. The van der Waals surface area contributed by atoms with Gasteiger partial charge in [0.1, 0.15) is 0 Å². The van der Waals surface area contributed by atoms with Crippen molar-refractivity contribution in [2.75, 3.05) is 19.6 Å². The summed E-state index contributed by atoms with van der Waals surface area (Å²) >= 11 is 0. The third-order valence-electron chi connectivity index (χ3n) is 6.87. The van der Waals surface area contributed by atoms with E-state index in [1.165, 1.54) is 44.1 Å². The monoisotopic (exact) mass is 341 g/mol. The summed E-state index contributed by atoms with van der Waals surface area (Å²) in [7, 11) is 0. The Hall–Kier alpha value is -1.58. The van der Waals surface area contributed by atoms with Gasteiger partial charge in [-0.25, -0.2) is 4.79 Å². The molecular weight excluding hydrogens is 310 g/mol. The molecule has 1 aromatic rings. The quantitative estimate of drug-likeness (QED) is 0.853. The second kappa shape index (κ2) is 6.97. The number of hydrogen-bond donors (Lipinski definition) is 1. The topological polar surface area (TPSA) is 45.2 Å². The number of likely N-dealkylation sites (N-methyl/N-ethyl adjacent to an activating group) is 1. The van der Waals surface area contributed by atoms with E-state index < -0.39 is 0 Å². The van der Waals surface area contributed by atoms with Crippen LogP contribution in [0.2, 0.25) is 0 Å². The normalized spacial score (nSPS) is 32.6. The van der Waals surface area contributed by atoms with E-state index in [0.717, 1.165) is 43.8 Å². The van der Waals surface area contributed by atoms with Crippen LogP contribution < -0.4 is 5.32 Å². The van der Waals surface area contributed by atoms with Crippen LogP contribution in [-0.2, 0) is 6.42 Å². The van der Waals surface area contributed by atoms with Crippen LogP contribution in [0.3, 0.4) is 0 Å². The number of hydrogen-bond acceptors (Lipinski definition) is 2. The smallest absolute Gasteiger partial charge is 0.317 e. The fourth-order valence-corrected chi connectivity index (χ4v) is 6.10. The van der Waals surface area contributed by atoms with E-state index in [9.17, 15) is 4.79 Å². The minimum absolute atomic E-state index is 0.118. The molecule has 1 aromatic heterocycles. The van der Waals surface area contributed by atoms with Crippen molar-refractivity contribution >= 4 is 6.03 Å². The Morgan fingerprint density at radius 3 is 2.32 bits per heavy atom. The summed E-state index contributed by atoms with van der Waals surface area (Å²) in [5.74, 6) is 2.83. The van der Waals surface area contributed by atoms with Gasteiger partial charge >= 0.3 is 6.03 Å². The number of amides is 2. The van der Waals surface area contributed by atoms with E-state index in [1.807, 2.05) is 29.4 Å². The Morgan fingerprint density at radius 2 is 1.76 bits per heavy atom. The van der Waals surface area contributed by atoms with Crippen molar-refractivity contribution in [2.45, 2.75) is 51.9 Å². The van der Waals surface area contributed by atoms with Crippen LogP contribution in [0.5, 0.6) is 0 Å². The van der Waals surface area contributed by atoms with Crippen molar-refractivity contribution in [1.82, 2.24) is 15.2 Å². The lowest BCUT2D eigenvalue weighted by atomic mass is 9.49. The number of nitrogens with one attached hydrogen (secondary N) is 1. The molecule has 0 unspecified atom stereocenters. The maximum Gasteiger partial charge on any atom is 0.317 e. The molecule has 1 heterocycles. The van der Waals surface area contributed by atoms with E-state index in [-0.39, 0.29) is 6.03 Å². The molecule has 136 valence electrons. The van der Waals surface area contributed by atoms with Gasteiger partial charge in [-0.15, -0.1) is 0 Å². The fraction of sp³-hybridized carbons (Fsp3) is 0.714. The van der Waals surface area contributed by atoms with Crippen LogP contribution in [0.4, 0.5) is 4.79 Å². The molecule has 4 bridgehead atoms. The Labute approximate surface area is 151 Å². The SMILES string of the molecule is CCN(CCc1ccncc1)C(=O)NCC12CC3CC(CC(C3)C1)C2. The highest BCUT2D eigenvalue weighted by molar-refractivity contribution is 5.74. The molecule has 25 heavy (non-hydrogen) atoms. The van der Waals surface area contributed by atoms with E-state index >= 15 is 0 Å². The van der Waals surface area contributed by atoms with Crippen LogP contribution >= 0.6 is 0 Å². The van der Waals surface area contributed by atoms with E-state index in [2.05, 4.69) is 17.2 Å². The second-order valence-corrected chi connectivity index (χ2v) is 8.76. The highest BCUT2D eigenvalue weighted by Gasteiger charge is 2.50. The van der Waals surface area contributed by atoms with E-state index in [0.29, 0.717) is 5.41 Å². The van der Waals surface area contributed by atoms with Crippen molar-refractivity contribution in [2.24, 2.45) is 23.2 Å². The lowest BCUT2D eigenvalue weighted by Crippen LogP contribution is -2.53. The zero-order valence-corrected chi connectivity index (χ0v) is 15.4. The number of pyridine rings is 1. The molecule has 4 fully saturated rings. The lowest BCUT2D eigenvalue weighted by molar-refractivity contribution is -0.0502. The maximum atomic E-state index is 12.7. The molecule has 2 amide bonds. The third-order valence-corrected chi connectivity index (χ3v) is 6.87. The number of rotatable bonds is 6. The Morgan fingerprint density at radius 1 is 1.16 bits per heavy atom. The average Bonchev–Trinajstić information content (AvgIpc) is 2.60. The number of nitrogens with zero attached hydrogens (tertiary/aromatic N) is 2. The first kappa shape index (κ1) is 16.9. The molecule has 5 rings (SSSR count). The summed E-state index contributed by atoms with van der Waals surface area (Å²) in [6, 6.07) is 4.18. The lowest BCUT2D eigenvalue weighted by Gasteiger charge is -2.57. The molecule has 0 aromatic carbocycles. The number of urea groups is 1. The summed E-state index contributed by atoms with van der Waals surface area (Å²) in [6.07, 6.45) is 13.0. The van der Waals surface area contributed by atoms with Crippen molar-refractivity contribution < 1.29 is 4.79 Å². The molecule has 1 N–H and O–H groups in total. The summed E-state index contributed by atoms with van der Waals surface area (Å²) < 4.78 is 0. The van der Waals surface area contributed by atoms with Crippen LogP contribution in [-0.4, -0.2) is 35.5 Å². The van der Waals surface area contributed by atoms with Crippen LogP contribution in [0.1, 0.15) is 51.0 Å². The van der Waals surface area contributed by atoms with E-state index in [4.69, 9.17) is 0 Å². The van der Waals surface area contributed by atoms with Gasteiger partial charge in [0, 0.05) is 32.0 Å². The molecule has 0 spiro atoms. The Balaban J connectivity index is 1.30. The summed E-state index contributed by atoms with van der Waals surface area (Å²) in [4.78, 5) is 18.7. The molecule has 4 saturated carbocycles. The van der Waals surface area contributed by atoms with Crippen LogP contribution in [0.15, 0.2) is 24.5 Å². The first-order valence-electron chi connectivity index (χ1n) is 10.1. The first-order valence-corrected chi connectivity index (χ1v) is 10.1. The van der Waals surface area contributed by atoms with Crippen molar-refractivity contribution in [3.8, 4) is 0 Å². The fourth-order valence-electron chi connectivity index (χ4n) is 6.10. The highest BCUT2D eigenvalue weighted by Crippen LogP contribution is 2.59. The minimum atomic E-state index is 0.118. The largest absolute Gasteiger partial charge is 0.337 e. The average molecular weight is 341 g/mol. The molecule has 0 saturated heterocycles. The highest BCUT2D eigenvalue weighted by atomic mass is 16.2. The standard InChI is InChI=1S/C21H31N3O/c1-2-24(8-5-16-3-6-22-7-4-16)20(25)23-15-21-12-17-9-18(13-21)11-19(10-17)14-21/h3-4,6-7,17-19H,2,5,8-15H2,1H3,(H,23,25). The maximum absolute atomic E-state index is 12.7. The number of aromatic nitrogens is 1. The first-order chi connectivity index (χ1) is 12.2. The Bertz CT molecular complexity index is 565. The summed E-state index contributed by atoms with van der Waals surface area (Å²) in [5, 5.41) is 3.30. The molecule has 0 radical (unpaired) electrons. The molecule has 4 heteroatoms. The van der Waals surface area contributed by atoms with Crippen molar-refractivity contribution in [3.05, 3.63) is 30.1 Å². The van der Waals surface area contributed by atoms with Crippen molar-refractivity contribution in [3.63, 3.8) is 0 Å². The van der Waals surface area contributed by atoms with Gasteiger partial charge in [0.15, 0.2) is 0 Å². The van der Waals surface area contributed by atoms with Crippen LogP contribution in [0, 0.1) is 23.2 Å². The molecule has 0 atom stereocenters. The van der Waals surface area contributed by atoms with Gasteiger partial charge in [-0.1, -0.05) is 0 Å². The molecule has 0 aliphatic heterocycles. The third kappa shape index (κ3) is 3.68. The van der Waals surface area contributed by atoms with Gasteiger partial charge in [-0.05, 0) is 92.7 Å². The molecule has 4 nitrogen and oxygen atoms in total. The van der Waals surface area contributed by atoms with Crippen LogP contribution in [0.25, 0.3) is 0 Å². The molecule has 4 aliphatic carbocycles. The van der Waals surface area contributed by atoms with Gasteiger partial charge in [-0.2, -0.15) is 0 Å². The summed E-state index contributed by atoms with van der Waals surface area (Å²) in [6.45, 7) is 4.49. The van der Waals surface area contributed by atoms with Gasteiger partial charge in [-0.3, -0.25) is 4.98 Å². The predicted octanol–water partition coefficient (Wildman–Crippen LogP) is 3.87. The summed E-state index contributed by atoms with van der Waals surface area (Å²) in [5.41, 5.74) is 1.65. The predicted molar refractivity (Wildman–Crippen MR) is 99.2 cm³/mol. The Kier molecular flexibility index (Phi) is 4.70. The van der Waals surface area contributed by atoms with Gasteiger partial charge in [0.25, 0.3) is 0 Å². The van der Waals surface area contributed by atoms with Gasteiger partial charge in [0.05, 0.1) is 0 Å². The minimum Gasteiger partial charge on any atom is -0.337 e. The van der Waals surface area contributed by atoms with Gasteiger partial charge < -0.3 is 10.2 Å². The molecular formula is C21H31N3O. The molecule has 4 aliphatic rings. The van der Waals surface area contributed by atoms with E-state index in [1.54, 1.807) is 0 Å². The second-order valence-electron chi connectivity index (χ2n) is 8.76. The zero-order chi connectivity index (χ0) is 17.3. The number of carbonyl (C=O) groups excluding carboxylic acids is 1. The van der Waals surface area contributed by atoms with Crippen molar-refractivity contribution in [1.29, 1.82) is 0 Å². The van der Waals surface area contributed by atoms with Gasteiger partial charge in [0.2, 0.25) is 0 Å².